The predicted molar refractivity (Wildman–Crippen MR) is 88.5 cm³/mol. The van der Waals surface area contributed by atoms with Gasteiger partial charge in [-0.05, 0) is 68.0 Å². The molecule has 0 spiro atoms. The number of nitrogens with two attached hydrogens (primary N) is 1. The second kappa shape index (κ2) is 5.63. The molecular formula is C19H25NO. The third-order valence-corrected chi connectivity index (χ3v) is 4.69. The minimum Gasteiger partial charge on any atom is -0.379 e. The molecule has 0 saturated heterocycles. The highest BCUT2D eigenvalue weighted by Crippen LogP contribution is 2.37. The summed E-state index contributed by atoms with van der Waals surface area (Å²) in [5.74, 6) is 0. The molecule has 2 aromatic carbocycles. The van der Waals surface area contributed by atoms with Gasteiger partial charge in [-0.2, -0.15) is 0 Å². The maximum Gasteiger partial charge on any atom is 0.130 e. The van der Waals surface area contributed by atoms with Crippen LogP contribution >= 0.6 is 0 Å². The number of hydrogen-bond donors (Lipinski definition) is 2. The van der Waals surface area contributed by atoms with E-state index in [2.05, 4.69) is 26.0 Å². The number of rotatable bonds is 3. The fourth-order valence-corrected chi connectivity index (χ4v) is 2.96. The Morgan fingerprint density at radius 3 is 1.57 bits per heavy atom. The van der Waals surface area contributed by atoms with Gasteiger partial charge >= 0.3 is 0 Å². The summed E-state index contributed by atoms with van der Waals surface area (Å²) in [6.07, 6.45) is 0. The van der Waals surface area contributed by atoms with Crippen molar-refractivity contribution in [1.29, 1.82) is 0 Å². The van der Waals surface area contributed by atoms with Crippen molar-refractivity contribution in [3.8, 4) is 0 Å². The SMILES string of the molecule is Cc1cccc(C(O)(c2cccc(C)c2C)C(C)N)c1C. The van der Waals surface area contributed by atoms with Crippen LogP contribution in [-0.2, 0) is 5.60 Å². The van der Waals surface area contributed by atoms with Crippen LogP contribution in [0.15, 0.2) is 36.4 Å². The van der Waals surface area contributed by atoms with Gasteiger partial charge in [0.05, 0.1) is 0 Å². The molecule has 0 aromatic heterocycles. The zero-order valence-corrected chi connectivity index (χ0v) is 13.6. The van der Waals surface area contributed by atoms with Crippen molar-refractivity contribution in [1.82, 2.24) is 0 Å². The monoisotopic (exact) mass is 283 g/mol. The minimum atomic E-state index is -1.17. The van der Waals surface area contributed by atoms with Crippen LogP contribution in [0.1, 0.15) is 40.3 Å². The van der Waals surface area contributed by atoms with Crippen LogP contribution in [0.2, 0.25) is 0 Å². The molecule has 2 nitrogen and oxygen atoms in total. The molecule has 2 aromatic rings. The fraction of sp³-hybridized carbons (Fsp3) is 0.368. The number of hydrogen-bond acceptors (Lipinski definition) is 2. The van der Waals surface area contributed by atoms with Gasteiger partial charge < -0.3 is 10.8 Å². The van der Waals surface area contributed by atoms with E-state index in [1.807, 2.05) is 45.0 Å². The zero-order valence-electron chi connectivity index (χ0n) is 13.6. The van der Waals surface area contributed by atoms with Crippen molar-refractivity contribution in [2.24, 2.45) is 5.73 Å². The van der Waals surface area contributed by atoms with Gasteiger partial charge in [0, 0.05) is 6.04 Å². The number of aliphatic hydroxyl groups is 1. The van der Waals surface area contributed by atoms with E-state index in [-0.39, 0.29) is 0 Å². The van der Waals surface area contributed by atoms with E-state index in [0.29, 0.717) is 0 Å². The van der Waals surface area contributed by atoms with Gasteiger partial charge in [0.15, 0.2) is 0 Å². The summed E-state index contributed by atoms with van der Waals surface area (Å²) >= 11 is 0. The normalized spacial score (nSPS) is 13.3. The molecule has 0 saturated carbocycles. The molecule has 0 aliphatic rings. The number of benzene rings is 2. The van der Waals surface area contributed by atoms with Gasteiger partial charge in [-0.1, -0.05) is 36.4 Å². The van der Waals surface area contributed by atoms with Gasteiger partial charge in [0.1, 0.15) is 5.60 Å². The first-order chi connectivity index (χ1) is 9.80. The largest absolute Gasteiger partial charge is 0.379 e. The van der Waals surface area contributed by atoms with Crippen molar-refractivity contribution >= 4 is 0 Å². The highest BCUT2D eigenvalue weighted by molar-refractivity contribution is 5.48. The average Bonchev–Trinajstić information content (AvgIpc) is 2.44. The quantitative estimate of drug-likeness (QED) is 0.905. The lowest BCUT2D eigenvalue weighted by Gasteiger charge is -2.36. The molecule has 1 atom stereocenters. The standard InChI is InChI=1S/C19H25NO/c1-12-8-6-10-17(14(12)3)19(21,16(5)20)18-11-7-9-13(2)15(18)4/h6-11,16,21H,20H2,1-5H3. The first-order valence-corrected chi connectivity index (χ1v) is 7.41. The first kappa shape index (κ1) is 15.7. The maximum absolute atomic E-state index is 11.5. The van der Waals surface area contributed by atoms with Crippen LogP contribution in [0.25, 0.3) is 0 Å². The van der Waals surface area contributed by atoms with Crippen molar-refractivity contribution in [3.63, 3.8) is 0 Å². The Hall–Kier alpha value is -1.64. The molecular weight excluding hydrogens is 258 g/mol. The van der Waals surface area contributed by atoms with Gasteiger partial charge in [-0.25, -0.2) is 0 Å². The summed E-state index contributed by atoms with van der Waals surface area (Å²) in [6, 6.07) is 11.6. The lowest BCUT2D eigenvalue weighted by Crippen LogP contribution is -2.45. The van der Waals surface area contributed by atoms with Crippen LogP contribution in [0.3, 0.4) is 0 Å². The third kappa shape index (κ3) is 2.50. The molecule has 0 bridgehead atoms. The summed E-state index contributed by atoms with van der Waals surface area (Å²) < 4.78 is 0. The van der Waals surface area contributed by atoms with Crippen LogP contribution < -0.4 is 5.73 Å². The molecule has 0 radical (unpaired) electrons. The molecule has 0 heterocycles. The Morgan fingerprint density at radius 2 is 1.24 bits per heavy atom. The summed E-state index contributed by atoms with van der Waals surface area (Å²) in [7, 11) is 0. The Kier molecular flexibility index (Phi) is 4.22. The Labute approximate surface area is 127 Å². The molecule has 2 rings (SSSR count). The highest BCUT2D eigenvalue weighted by Gasteiger charge is 2.38. The van der Waals surface area contributed by atoms with Crippen molar-refractivity contribution in [2.45, 2.75) is 46.3 Å². The second-order valence-electron chi connectivity index (χ2n) is 6.05. The van der Waals surface area contributed by atoms with E-state index in [1.54, 1.807) is 0 Å². The second-order valence-corrected chi connectivity index (χ2v) is 6.05. The topological polar surface area (TPSA) is 46.2 Å². The molecule has 3 N–H and O–H groups in total. The lowest BCUT2D eigenvalue weighted by atomic mass is 9.76. The van der Waals surface area contributed by atoms with Crippen molar-refractivity contribution in [3.05, 3.63) is 69.8 Å². The van der Waals surface area contributed by atoms with Crippen LogP contribution in [0, 0.1) is 27.7 Å². The Bertz CT molecular complexity index is 607. The predicted octanol–water partition coefficient (Wildman–Crippen LogP) is 3.50. The van der Waals surface area contributed by atoms with Gasteiger partial charge in [0.2, 0.25) is 0 Å². The van der Waals surface area contributed by atoms with E-state index >= 15 is 0 Å². The summed E-state index contributed by atoms with van der Waals surface area (Å²) in [4.78, 5) is 0. The van der Waals surface area contributed by atoms with E-state index in [9.17, 15) is 5.11 Å². The van der Waals surface area contributed by atoms with Gasteiger partial charge in [-0.15, -0.1) is 0 Å². The van der Waals surface area contributed by atoms with Crippen molar-refractivity contribution in [2.75, 3.05) is 0 Å². The fourth-order valence-electron chi connectivity index (χ4n) is 2.96. The number of aryl methyl sites for hydroxylation is 2. The van der Waals surface area contributed by atoms with Gasteiger partial charge in [0.25, 0.3) is 0 Å². The van der Waals surface area contributed by atoms with Crippen LogP contribution in [-0.4, -0.2) is 11.1 Å². The summed E-state index contributed by atoms with van der Waals surface area (Å²) in [6.45, 7) is 10.1. The molecule has 0 aliphatic carbocycles. The molecule has 0 aliphatic heterocycles. The van der Waals surface area contributed by atoms with E-state index in [4.69, 9.17) is 5.73 Å². The smallest absolute Gasteiger partial charge is 0.130 e. The summed E-state index contributed by atoms with van der Waals surface area (Å²) in [5, 5.41) is 11.5. The molecule has 0 fully saturated rings. The highest BCUT2D eigenvalue weighted by atomic mass is 16.3. The Morgan fingerprint density at radius 1 is 0.857 bits per heavy atom. The molecule has 2 heteroatoms. The van der Waals surface area contributed by atoms with Crippen LogP contribution in [0.5, 0.6) is 0 Å². The minimum absolute atomic E-state index is 0.404. The first-order valence-electron chi connectivity index (χ1n) is 7.41. The van der Waals surface area contributed by atoms with Crippen LogP contribution in [0.4, 0.5) is 0 Å². The maximum atomic E-state index is 11.5. The van der Waals surface area contributed by atoms with E-state index in [1.165, 1.54) is 0 Å². The Balaban J connectivity index is 2.78. The molecule has 1 unspecified atom stereocenters. The van der Waals surface area contributed by atoms with Crippen molar-refractivity contribution < 1.29 is 5.11 Å². The molecule has 21 heavy (non-hydrogen) atoms. The summed E-state index contributed by atoms with van der Waals surface area (Å²) in [5.41, 5.74) is 11.4. The zero-order chi connectivity index (χ0) is 15.8. The average molecular weight is 283 g/mol. The van der Waals surface area contributed by atoms with E-state index in [0.717, 1.165) is 33.4 Å². The molecule has 0 amide bonds. The van der Waals surface area contributed by atoms with Gasteiger partial charge in [-0.3, -0.25) is 0 Å². The molecule has 112 valence electrons. The van der Waals surface area contributed by atoms with E-state index < -0.39 is 11.6 Å². The lowest BCUT2D eigenvalue weighted by molar-refractivity contribution is 0.0565. The third-order valence-electron chi connectivity index (χ3n) is 4.69.